The molecule has 0 aliphatic rings. The first-order valence-electron chi connectivity index (χ1n) is 6.45. The average molecular weight is 291 g/mol. The third kappa shape index (κ3) is 3.74. The van der Waals surface area contributed by atoms with E-state index in [1.165, 1.54) is 11.8 Å². The predicted molar refractivity (Wildman–Crippen MR) is 80.9 cm³/mol. The zero-order valence-electron chi connectivity index (χ0n) is 11.6. The van der Waals surface area contributed by atoms with E-state index in [0.29, 0.717) is 11.3 Å². The van der Waals surface area contributed by atoms with Gasteiger partial charge in [-0.25, -0.2) is 4.39 Å². The van der Waals surface area contributed by atoms with Gasteiger partial charge in [-0.15, -0.1) is 0 Å². The van der Waals surface area contributed by atoms with Crippen LogP contribution in [0.5, 0.6) is 5.75 Å². The Labute approximate surface area is 123 Å². The molecule has 2 aromatic rings. The number of nitrogens with two attached hydrogens (primary N) is 1. The van der Waals surface area contributed by atoms with Crippen LogP contribution in [0.15, 0.2) is 52.3 Å². The number of benzene rings is 2. The van der Waals surface area contributed by atoms with Crippen LogP contribution in [-0.4, -0.2) is 13.2 Å². The Balaban J connectivity index is 2.21. The number of methoxy groups -OCH3 is 1. The van der Waals surface area contributed by atoms with E-state index in [1.807, 2.05) is 37.3 Å². The first-order valence-corrected chi connectivity index (χ1v) is 7.26. The molecule has 1 atom stereocenters. The molecule has 20 heavy (non-hydrogen) atoms. The van der Waals surface area contributed by atoms with E-state index in [9.17, 15) is 4.39 Å². The van der Waals surface area contributed by atoms with Crippen molar-refractivity contribution in [1.82, 2.24) is 0 Å². The molecule has 0 aliphatic carbocycles. The molecule has 0 aromatic heterocycles. The highest BCUT2D eigenvalue weighted by Crippen LogP contribution is 2.36. The predicted octanol–water partition coefficient (Wildman–Crippen LogP) is 3.88. The van der Waals surface area contributed by atoms with Crippen molar-refractivity contribution < 1.29 is 9.13 Å². The van der Waals surface area contributed by atoms with Crippen molar-refractivity contribution in [1.29, 1.82) is 0 Å². The van der Waals surface area contributed by atoms with Gasteiger partial charge in [0.1, 0.15) is 11.6 Å². The molecule has 2 aromatic carbocycles. The molecule has 1 unspecified atom stereocenters. The molecule has 0 bridgehead atoms. The summed E-state index contributed by atoms with van der Waals surface area (Å²) in [6, 6.07) is 12.9. The molecule has 0 radical (unpaired) electrons. The van der Waals surface area contributed by atoms with Crippen LogP contribution < -0.4 is 10.5 Å². The van der Waals surface area contributed by atoms with Gasteiger partial charge in [0.05, 0.1) is 12.0 Å². The van der Waals surface area contributed by atoms with E-state index in [4.69, 9.17) is 10.5 Å². The first-order chi connectivity index (χ1) is 9.60. The maximum atomic E-state index is 14.1. The molecule has 0 aliphatic heterocycles. The Bertz CT molecular complexity index is 586. The van der Waals surface area contributed by atoms with E-state index in [-0.39, 0.29) is 11.9 Å². The third-order valence-corrected chi connectivity index (χ3v) is 3.95. The smallest absolute Gasteiger partial charge is 0.137 e. The zero-order valence-corrected chi connectivity index (χ0v) is 12.4. The van der Waals surface area contributed by atoms with Crippen molar-refractivity contribution in [3.05, 3.63) is 53.8 Å². The summed E-state index contributed by atoms with van der Waals surface area (Å²) in [5.41, 5.74) is 6.65. The maximum absolute atomic E-state index is 14.1. The van der Waals surface area contributed by atoms with Crippen LogP contribution in [0.25, 0.3) is 0 Å². The summed E-state index contributed by atoms with van der Waals surface area (Å²) in [7, 11) is 1.61. The highest BCUT2D eigenvalue weighted by molar-refractivity contribution is 7.99. The second kappa shape index (κ2) is 6.77. The van der Waals surface area contributed by atoms with Crippen molar-refractivity contribution in [2.75, 3.05) is 7.11 Å². The lowest BCUT2D eigenvalue weighted by Gasteiger charge is -2.10. The lowest BCUT2D eigenvalue weighted by Crippen LogP contribution is -2.17. The minimum atomic E-state index is -0.223. The van der Waals surface area contributed by atoms with Gasteiger partial charge in [-0.05, 0) is 43.2 Å². The quantitative estimate of drug-likeness (QED) is 0.908. The normalized spacial score (nSPS) is 12.2. The molecule has 0 heterocycles. The van der Waals surface area contributed by atoms with Gasteiger partial charge >= 0.3 is 0 Å². The summed E-state index contributed by atoms with van der Waals surface area (Å²) >= 11 is 1.36. The fraction of sp³-hybridized carbons (Fsp3) is 0.250. The van der Waals surface area contributed by atoms with Crippen molar-refractivity contribution in [3.8, 4) is 5.75 Å². The van der Waals surface area contributed by atoms with Gasteiger partial charge in [-0.3, -0.25) is 0 Å². The van der Waals surface area contributed by atoms with E-state index in [1.54, 1.807) is 19.2 Å². The largest absolute Gasteiger partial charge is 0.496 e. The standard InChI is InChI=1S/C16H18FNOS/c1-11(18)9-12-7-8-15(13(17)10-12)20-16-6-4-3-5-14(16)19-2/h3-8,10-11H,9,18H2,1-2H3. The molecular weight excluding hydrogens is 273 g/mol. The molecule has 4 heteroatoms. The van der Waals surface area contributed by atoms with Gasteiger partial charge in [0.15, 0.2) is 0 Å². The number of hydrogen-bond donors (Lipinski definition) is 1. The highest BCUT2D eigenvalue weighted by atomic mass is 32.2. The summed E-state index contributed by atoms with van der Waals surface area (Å²) in [4.78, 5) is 1.48. The Hall–Kier alpha value is -1.52. The molecule has 0 amide bonds. The fourth-order valence-corrected chi connectivity index (χ4v) is 2.88. The number of ether oxygens (including phenoxy) is 1. The van der Waals surface area contributed by atoms with E-state index >= 15 is 0 Å². The number of halogens is 1. The Kier molecular flexibility index (Phi) is 5.04. The van der Waals surface area contributed by atoms with Gasteiger partial charge in [-0.2, -0.15) is 0 Å². The molecule has 0 saturated heterocycles. The molecule has 0 fully saturated rings. The van der Waals surface area contributed by atoms with Crippen LogP contribution >= 0.6 is 11.8 Å². The van der Waals surface area contributed by atoms with Gasteiger partial charge in [-0.1, -0.05) is 30.0 Å². The SMILES string of the molecule is COc1ccccc1Sc1ccc(CC(C)N)cc1F. The van der Waals surface area contributed by atoms with Gasteiger partial charge in [0.25, 0.3) is 0 Å². The van der Waals surface area contributed by atoms with Gasteiger partial charge < -0.3 is 10.5 Å². The molecular formula is C16H18FNOS. The fourth-order valence-electron chi connectivity index (χ4n) is 1.95. The average Bonchev–Trinajstić information content (AvgIpc) is 2.42. The lowest BCUT2D eigenvalue weighted by molar-refractivity contribution is 0.405. The van der Waals surface area contributed by atoms with Crippen LogP contribution in [0, 0.1) is 5.82 Å². The number of para-hydroxylation sites is 1. The summed E-state index contributed by atoms with van der Waals surface area (Å²) in [6.07, 6.45) is 0.677. The molecule has 0 saturated carbocycles. The minimum absolute atomic E-state index is 0.0297. The summed E-state index contributed by atoms with van der Waals surface area (Å²) in [5.74, 6) is 0.524. The van der Waals surface area contributed by atoms with Crippen molar-refractivity contribution in [2.24, 2.45) is 5.73 Å². The molecule has 106 valence electrons. The first kappa shape index (κ1) is 14.9. The third-order valence-electron chi connectivity index (χ3n) is 2.84. The minimum Gasteiger partial charge on any atom is -0.496 e. The van der Waals surface area contributed by atoms with Crippen LogP contribution in [0.3, 0.4) is 0 Å². The van der Waals surface area contributed by atoms with Crippen LogP contribution in [0.2, 0.25) is 0 Å². The van der Waals surface area contributed by atoms with Gasteiger partial charge in [0, 0.05) is 10.9 Å². The van der Waals surface area contributed by atoms with Crippen LogP contribution in [0.4, 0.5) is 4.39 Å². The van der Waals surface area contributed by atoms with E-state index < -0.39 is 0 Å². The van der Waals surface area contributed by atoms with Crippen LogP contribution in [-0.2, 0) is 6.42 Å². The second-order valence-electron chi connectivity index (χ2n) is 4.70. The topological polar surface area (TPSA) is 35.2 Å². The van der Waals surface area contributed by atoms with Crippen molar-refractivity contribution >= 4 is 11.8 Å². The van der Waals surface area contributed by atoms with E-state index in [2.05, 4.69) is 0 Å². The van der Waals surface area contributed by atoms with Crippen molar-refractivity contribution in [3.63, 3.8) is 0 Å². The second-order valence-corrected chi connectivity index (χ2v) is 5.78. The summed E-state index contributed by atoms with van der Waals surface area (Å²) in [6.45, 7) is 1.91. The Morgan fingerprint density at radius 1 is 1.20 bits per heavy atom. The number of hydrogen-bond acceptors (Lipinski definition) is 3. The maximum Gasteiger partial charge on any atom is 0.137 e. The lowest BCUT2D eigenvalue weighted by atomic mass is 10.1. The Morgan fingerprint density at radius 3 is 2.60 bits per heavy atom. The number of rotatable bonds is 5. The molecule has 2 rings (SSSR count). The Morgan fingerprint density at radius 2 is 1.95 bits per heavy atom. The van der Waals surface area contributed by atoms with Crippen LogP contribution in [0.1, 0.15) is 12.5 Å². The molecule has 2 nitrogen and oxygen atoms in total. The summed E-state index contributed by atoms with van der Waals surface area (Å²) < 4.78 is 19.4. The molecule has 2 N–H and O–H groups in total. The monoisotopic (exact) mass is 291 g/mol. The van der Waals surface area contributed by atoms with E-state index in [0.717, 1.165) is 16.2 Å². The van der Waals surface area contributed by atoms with Crippen molar-refractivity contribution in [2.45, 2.75) is 29.2 Å². The molecule has 0 spiro atoms. The zero-order chi connectivity index (χ0) is 14.5. The summed E-state index contributed by atoms with van der Waals surface area (Å²) in [5, 5.41) is 0. The van der Waals surface area contributed by atoms with Gasteiger partial charge in [0.2, 0.25) is 0 Å². The highest BCUT2D eigenvalue weighted by Gasteiger charge is 2.09.